The molecule has 0 saturated heterocycles. The number of rotatable bonds is 6. The van der Waals surface area contributed by atoms with Crippen LogP contribution in [-0.2, 0) is 4.79 Å². The SMILES string of the molecule is CC/C(=C/c1ccc(OC2(C(=O)O)CCC2)c(Cl)c1Cl)[N+](=O)[O-]. The average molecular weight is 360 g/mol. The minimum Gasteiger partial charge on any atom is -0.478 e. The molecule has 0 spiro atoms. The molecule has 1 fully saturated rings. The summed E-state index contributed by atoms with van der Waals surface area (Å²) in [6.45, 7) is 1.66. The van der Waals surface area contributed by atoms with E-state index in [0.717, 1.165) is 6.42 Å². The van der Waals surface area contributed by atoms with Gasteiger partial charge in [-0.15, -0.1) is 0 Å². The fraction of sp³-hybridized carbons (Fsp3) is 0.400. The molecule has 0 radical (unpaired) electrons. The minimum absolute atomic E-state index is 0.00219. The van der Waals surface area contributed by atoms with E-state index in [1.165, 1.54) is 18.2 Å². The first-order valence-corrected chi connectivity index (χ1v) is 7.81. The highest BCUT2D eigenvalue weighted by Gasteiger charge is 2.47. The Morgan fingerprint density at radius 1 is 1.43 bits per heavy atom. The van der Waals surface area contributed by atoms with E-state index < -0.39 is 16.5 Å². The molecule has 0 unspecified atom stereocenters. The topological polar surface area (TPSA) is 89.7 Å². The maximum atomic E-state index is 11.3. The van der Waals surface area contributed by atoms with E-state index in [1.54, 1.807) is 6.92 Å². The predicted octanol–water partition coefficient (Wildman–Crippen LogP) is 4.41. The summed E-state index contributed by atoms with van der Waals surface area (Å²) in [7, 11) is 0. The number of carbonyl (C=O) groups is 1. The van der Waals surface area contributed by atoms with Gasteiger partial charge in [0.1, 0.15) is 10.8 Å². The Morgan fingerprint density at radius 3 is 2.52 bits per heavy atom. The Morgan fingerprint density at radius 2 is 2.09 bits per heavy atom. The largest absolute Gasteiger partial charge is 0.478 e. The van der Waals surface area contributed by atoms with Crippen molar-refractivity contribution >= 4 is 35.2 Å². The van der Waals surface area contributed by atoms with Crippen molar-refractivity contribution in [3.63, 3.8) is 0 Å². The molecule has 0 aromatic heterocycles. The lowest BCUT2D eigenvalue weighted by Gasteiger charge is -2.37. The quantitative estimate of drug-likeness (QED) is 0.600. The molecular weight excluding hydrogens is 345 g/mol. The lowest BCUT2D eigenvalue weighted by Crippen LogP contribution is -2.50. The summed E-state index contributed by atoms with van der Waals surface area (Å²) in [5.74, 6) is -0.878. The zero-order chi connectivity index (χ0) is 17.2. The molecule has 1 aromatic rings. The normalized spacial score (nSPS) is 16.6. The van der Waals surface area contributed by atoms with E-state index in [1.807, 2.05) is 0 Å². The van der Waals surface area contributed by atoms with Gasteiger partial charge in [-0.25, -0.2) is 4.79 Å². The lowest BCUT2D eigenvalue weighted by atomic mass is 9.80. The van der Waals surface area contributed by atoms with Gasteiger partial charge in [-0.05, 0) is 31.4 Å². The lowest BCUT2D eigenvalue weighted by molar-refractivity contribution is -0.425. The second kappa shape index (κ2) is 6.76. The third-order valence-corrected chi connectivity index (χ3v) is 4.73. The number of allylic oxidation sites excluding steroid dienone is 1. The minimum atomic E-state index is -1.26. The number of nitro groups is 1. The molecule has 23 heavy (non-hydrogen) atoms. The van der Waals surface area contributed by atoms with Crippen molar-refractivity contribution in [2.45, 2.75) is 38.2 Å². The molecule has 6 nitrogen and oxygen atoms in total. The molecule has 124 valence electrons. The predicted molar refractivity (Wildman–Crippen MR) is 86.6 cm³/mol. The van der Waals surface area contributed by atoms with Crippen LogP contribution in [0, 0.1) is 10.1 Å². The van der Waals surface area contributed by atoms with Crippen molar-refractivity contribution in [3.05, 3.63) is 43.6 Å². The molecule has 1 saturated carbocycles. The second-order valence-corrected chi connectivity index (χ2v) is 6.04. The van der Waals surface area contributed by atoms with E-state index in [0.29, 0.717) is 18.4 Å². The zero-order valence-electron chi connectivity index (χ0n) is 12.3. The van der Waals surface area contributed by atoms with Crippen LogP contribution >= 0.6 is 23.2 Å². The fourth-order valence-corrected chi connectivity index (χ4v) is 2.69. The van der Waals surface area contributed by atoms with Gasteiger partial charge in [0.15, 0.2) is 0 Å². The van der Waals surface area contributed by atoms with Gasteiger partial charge in [0, 0.05) is 18.1 Å². The number of halogens is 2. The van der Waals surface area contributed by atoms with Gasteiger partial charge < -0.3 is 9.84 Å². The van der Waals surface area contributed by atoms with Crippen LogP contribution in [0.2, 0.25) is 10.0 Å². The first-order chi connectivity index (χ1) is 10.8. The Balaban J connectivity index is 2.34. The van der Waals surface area contributed by atoms with Gasteiger partial charge in [0.25, 0.3) is 0 Å². The van der Waals surface area contributed by atoms with E-state index in [-0.39, 0.29) is 27.9 Å². The molecule has 1 aliphatic rings. The van der Waals surface area contributed by atoms with Crippen LogP contribution in [0.1, 0.15) is 38.2 Å². The number of hydrogen-bond donors (Lipinski definition) is 1. The molecule has 0 amide bonds. The van der Waals surface area contributed by atoms with Crippen LogP contribution in [0.5, 0.6) is 5.75 Å². The molecule has 8 heteroatoms. The summed E-state index contributed by atoms with van der Waals surface area (Å²) in [6, 6.07) is 3.01. The number of carboxylic acids is 1. The molecular formula is C15H15Cl2NO5. The number of carboxylic acid groups (broad SMARTS) is 1. The molecule has 1 N–H and O–H groups in total. The Labute approximate surface area is 142 Å². The van der Waals surface area contributed by atoms with Crippen molar-refractivity contribution in [3.8, 4) is 5.75 Å². The number of ether oxygens (including phenoxy) is 1. The summed E-state index contributed by atoms with van der Waals surface area (Å²) < 4.78 is 5.57. The highest BCUT2D eigenvalue weighted by Crippen LogP contribution is 2.42. The summed E-state index contributed by atoms with van der Waals surface area (Å²) in [6.07, 6.45) is 3.15. The van der Waals surface area contributed by atoms with Crippen LogP contribution < -0.4 is 4.74 Å². The molecule has 0 atom stereocenters. The molecule has 2 rings (SSSR count). The van der Waals surface area contributed by atoms with Crippen molar-refractivity contribution in [2.24, 2.45) is 0 Å². The number of aliphatic carboxylic acids is 1. The van der Waals surface area contributed by atoms with Crippen LogP contribution in [0.4, 0.5) is 0 Å². The standard InChI is InChI=1S/C15H15Cl2NO5/c1-2-10(18(21)22)8-9-4-5-11(13(17)12(9)16)23-15(14(19)20)6-3-7-15/h4-5,8H,2-3,6-7H2,1H3,(H,19,20)/b10-8-. The molecule has 0 bridgehead atoms. The highest BCUT2D eigenvalue weighted by atomic mass is 35.5. The first-order valence-electron chi connectivity index (χ1n) is 7.06. The second-order valence-electron chi connectivity index (χ2n) is 5.28. The summed E-state index contributed by atoms with van der Waals surface area (Å²) >= 11 is 12.3. The maximum absolute atomic E-state index is 11.3. The average Bonchev–Trinajstić information content (AvgIpc) is 2.45. The third kappa shape index (κ3) is 3.43. The van der Waals surface area contributed by atoms with E-state index in [4.69, 9.17) is 27.9 Å². The van der Waals surface area contributed by atoms with Crippen molar-refractivity contribution in [1.82, 2.24) is 0 Å². The van der Waals surface area contributed by atoms with Gasteiger partial charge in [0.2, 0.25) is 11.3 Å². The smallest absolute Gasteiger partial charge is 0.348 e. The fourth-order valence-electron chi connectivity index (χ4n) is 2.27. The number of hydrogen-bond acceptors (Lipinski definition) is 4. The monoisotopic (exact) mass is 359 g/mol. The summed E-state index contributed by atoms with van der Waals surface area (Å²) in [4.78, 5) is 21.7. The Bertz CT molecular complexity index is 683. The van der Waals surface area contributed by atoms with E-state index in [2.05, 4.69) is 0 Å². The molecule has 0 heterocycles. The van der Waals surface area contributed by atoms with E-state index in [9.17, 15) is 20.0 Å². The number of benzene rings is 1. The highest BCUT2D eigenvalue weighted by molar-refractivity contribution is 6.43. The van der Waals surface area contributed by atoms with Crippen LogP contribution in [0.3, 0.4) is 0 Å². The van der Waals surface area contributed by atoms with Gasteiger partial charge in [0.05, 0.1) is 9.95 Å². The van der Waals surface area contributed by atoms with Crippen LogP contribution in [-0.4, -0.2) is 21.6 Å². The first kappa shape index (κ1) is 17.6. The van der Waals surface area contributed by atoms with Crippen molar-refractivity contribution < 1.29 is 19.6 Å². The van der Waals surface area contributed by atoms with Gasteiger partial charge in [-0.1, -0.05) is 30.1 Å². The van der Waals surface area contributed by atoms with Crippen molar-refractivity contribution in [1.29, 1.82) is 0 Å². The summed E-state index contributed by atoms with van der Waals surface area (Å²) in [5.41, 5.74) is -0.882. The van der Waals surface area contributed by atoms with E-state index >= 15 is 0 Å². The Hall–Kier alpha value is -1.79. The Kier molecular flexibility index (Phi) is 5.16. The molecule has 1 aliphatic carbocycles. The molecule has 0 aliphatic heterocycles. The van der Waals surface area contributed by atoms with Crippen LogP contribution in [0.25, 0.3) is 6.08 Å². The zero-order valence-corrected chi connectivity index (χ0v) is 13.9. The van der Waals surface area contributed by atoms with Gasteiger partial charge >= 0.3 is 5.97 Å². The summed E-state index contributed by atoms with van der Waals surface area (Å²) in [5, 5.41) is 20.3. The van der Waals surface area contributed by atoms with Crippen molar-refractivity contribution in [2.75, 3.05) is 0 Å². The maximum Gasteiger partial charge on any atom is 0.348 e. The van der Waals surface area contributed by atoms with Crippen LogP contribution in [0.15, 0.2) is 17.8 Å². The molecule has 1 aromatic carbocycles. The van der Waals surface area contributed by atoms with Gasteiger partial charge in [-0.2, -0.15) is 0 Å². The number of nitrogens with zero attached hydrogens (tertiary/aromatic N) is 1. The van der Waals surface area contributed by atoms with Gasteiger partial charge in [-0.3, -0.25) is 10.1 Å². The third-order valence-electron chi connectivity index (χ3n) is 3.85.